The third-order valence-corrected chi connectivity index (χ3v) is 13.5. The fraction of sp³-hybridized carbons (Fsp3) is 0.0476. The molecule has 308 valence electrons. The number of rotatable bonds is 8. The van der Waals surface area contributed by atoms with Crippen LogP contribution in [0.5, 0.6) is 0 Å². The fourth-order valence-corrected chi connectivity index (χ4v) is 10.2. The molecule has 2 heteroatoms. The Balaban J connectivity index is 0.920. The predicted molar refractivity (Wildman–Crippen MR) is 273 cm³/mol. The molecule has 1 heterocycles. The van der Waals surface area contributed by atoms with E-state index in [1.807, 2.05) is 12.1 Å². The Hall–Kier alpha value is -8.20. The Bertz CT molecular complexity index is 3510. The number of hydrogen-bond donors (Lipinski definition) is 0. The first-order valence-corrected chi connectivity index (χ1v) is 22.5. The molecule has 11 aromatic rings. The predicted octanol–water partition coefficient (Wildman–Crippen LogP) is 17.7. The van der Waals surface area contributed by atoms with E-state index in [0.717, 1.165) is 50.1 Å². The highest BCUT2D eigenvalue weighted by molar-refractivity contribution is 6.06. The van der Waals surface area contributed by atoms with Crippen LogP contribution in [0.1, 0.15) is 25.0 Å². The van der Waals surface area contributed by atoms with Gasteiger partial charge < -0.3 is 9.32 Å². The van der Waals surface area contributed by atoms with Crippen molar-refractivity contribution in [3.8, 4) is 66.8 Å². The summed E-state index contributed by atoms with van der Waals surface area (Å²) in [6.45, 7) is 4.77. The highest BCUT2D eigenvalue weighted by Crippen LogP contribution is 2.54. The Morgan fingerprint density at radius 1 is 0.308 bits per heavy atom. The van der Waals surface area contributed by atoms with Gasteiger partial charge in [0.25, 0.3) is 0 Å². The van der Waals surface area contributed by atoms with Gasteiger partial charge in [0.2, 0.25) is 0 Å². The Morgan fingerprint density at radius 3 is 1.32 bits per heavy atom. The molecule has 1 aliphatic carbocycles. The molecule has 10 aromatic carbocycles. The number of para-hydroxylation sites is 1. The zero-order valence-electron chi connectivity index (χ0n) is 36.4. The minimum Gasteiger partial charge on any atom is -0.456 e. The molecule has 0 saturated carbocycles. The van der Waals surface area contributed by atoms with Crippen molar-refractivity contribution in [3.05, 3.63) is 248 Å². The van der Waals surface area contributed by atoms with E-state index in [4.69, 9.17) is 4.42 Å². The van der Waals surface area contributed by atoms with Crippen LogP contribution in [-0.2, 0) is 5.41 Å². The van der Waals surface area contributed by atoms with Crippen LogP contribution < -0.4 is 4.90 Å². The van der Waals surface area contributed by atoms with E-state index in [0.29, 0.717) is 0 Å². The van der Waals surface area contributed by atoms with Crippen molar-refractivity contribution in [2.24, 2.45) is 0 Å². The molecule has 0 spiro atoms. The van der Waals surface area contributed by atoms with Crippen molar-refractivity contribution in [2.75, 3.05) is 4.90 Å². The van der Waals surface area contributed by atoms with Gasteiger partial charge in [0.05, 0.1) is 0 Å². The third kappa shape index (κ3) is 6.74. The molecular formula is C63H45NO. The van der Waals surface area contributed by atoms with Gasteiger partial charge in [-0.1, -0.05) is 178 Å². The summed E-state index contributed by atoms with van der Waals surface area (Å²) in [7, 11) is 0. The van der Waals surface area contributed by atoms with Crippen LogP contribution in [0.2, 0.25) is 0 Å². The van der Waals surface area contributed by atoms with Gasteiger partial charge >= 0.3 is 0 Å². The van der Waals surface area contributed by atoms with Gasteiger partial charge in [-0.05, 0) is 151 Å². The monoisotopic (exact) mass is 831 g/mol. The van der Waals surface area contributed by atoms with E-state index < -0.39 is 0 Å². The van der Waals surface area contributed by atoms with E-state index in [1.54, 1.807) is 0 Å². The first-order chi connectivity index (χ1) is 32.0. The molecule has 2 nitrogen and oxygen atoms in total. The quantitative estimate of drug-likeness (QED) is 0.152. The third-order valence-electron chi connectivity index (χ3n) is 13.5. The number of hydrogen-bond acceptors (Lipinski definition) is 2. The summed E-state index contributed by atoms with van der Waals surface area (Å²) in [5.74, 6) is 0. The van der Waals surface area contributed by atoms with E-state index in [9.17, 15) is 0 Å². The zero-order chi connectivity index (χ0) is 43.5. The molecule has 0 fully saturated rings. The van der Waals surface area contributed by atoms with Gasteiger partial charge in [-0.25, -0.2) is 0 Å². The second-order valence-electron chi connectivity index (χ2n) is 17.7. The molecular weight excluding hydrogens is 787 g/mol. The second-order valence-corrected chi connectivity index (χ2v) is 17.7. The van der Waals surface area contributed by atoms with Crippen LogP contribution in [0.15, 0.2) is 241 Å². The minimum absolute atomic E-state index is 0.167. The molecule has 1 aromatic heterocycles. The summed E-state index contributed by atoms with van der Waals surface area (Å²) in [5.41, 5.74) is 22.3. The molecule has 0 atom stereocenters. The molecule has 0 aliphatic heterocycles. The van der Waals surface area contributed by atoms with Crippen molar-refractivity contribution < 1.29 is 4.42 Å². The lowest BCUT2D eigenvalue weighted by atomic mass is 9.78. The van der Waals surface area contributed by atoms with Gasteiger partial charge in [0.1, 0.15) is 11.2 Å². The summed E-state index contributed by atoms with van der Waals surface area (Å²) < 4.78 is 6.26. The zero-order valence-corrected chi connectivity index (χ0v) is 36.4. The van der Waals surface area contributed by atoms with Crippen molar-refractivity contribution in [1.29, 1.82) is 0 Å². The van der Waals surface area contributed by atoms with Crippen LogP contribution in [-0.4, -0.2) is 0 Å². The molecule has 0 amide bonds. The number of fused-ring (bicyclic) bond motifs is 6. The Labute approximate surface area is 380 Å². The lowest BCUT2D eigenvalue weighted by Gasteiger charge is -2.26. The summed E-state index contributed by atoms with van der Waals surface area (Å²) in [6.07, 6.45) is 0. The standard InChI is InChI=1S/C63H45NO/c1-63(2)59-37-29-48(38-57(59)58-40-50(43-16-8-4-9-17-43)39-56(62(58)63)47-18-10-5-11-19-47)45-24-32-52(33-25-45)64(51-30-22-44(23-31-51)42-14-6-3-7-15-42)53-34-26-46(27-35-53)49-28-36-55-54-20-12-13-21-60(54)65-61(55)41-49/h3-41H,1-2H3. The van der Waals surface area contributed by atoms with Crippen LogP contribution in [0, 0.1) is 0 Å². The lowest BCUT2D eigenvalue weighted by Crippen LogP contribution is -2.16. The van der Waals surface area contributed by atoms with Crippen LogP contribution in [0.25, 0.3) is 88.7 Å². The second kappa shape index (κ2) is 15.6. The average Bonchev–Trinajstić information content (AvgIpc) is 3.86. The van der Waals surface area contributed by atoms with Gasteiger partial charge in [0, 0.05) is 33.2 Å². The Morgan fingerprint density at radius 2 is 0.723 bits per heavy atom. The molecule has 65 heavy (non-hydrogen) atoms. The highest BCUT2D eigenvalue weighted by Gasteiger charge is 2.38. The largest absolute Gasteiger partial charge is 0.456 e. The maximum absolute atomic E-state index is 6.26. The van der Waals surface area contributed by atoms with Crippen molar-refractivity contribution in [3.63, 3.8) is 0 Å². The van der Waals surface area contributed by atoms with Gasteiger partial charge in [0.15, 0.2) is 0 Å². The fourth-order valence-electron chi connectivity index (χ4n) is 10.2. The van der Waals surface area contributed by atoms with Crippen LogP contribution in [0.3, 0.4) is 0 Å². The van der Waals surface area contributed by atoms with Crippen molar-refractivity contribution in [2.45, 2.75) is 19.3 Å². The molecule has 1 aliphatic rings. The number of furan rings is 1. The van der Waals surface area contributed by atoms with Crippen LogP contribution >= 0.6 is 0 Å². The van der Waals surface area contributed by atoms with Gasteiger partial charge in [-0.15, -0.1) is 0 Å². The number of anilines is 3. The van der Waals surface area contributed by atoms with E-state index in [1.165, 1.54) is 66.8 Å². The van der Waals surface area contributed by atoms with Gasteiger partial charge in [-0.3, -0.25) is 0 Å². The molecule has 0 saturated heterocycles. The minimum atomic E-state index is -0.167. The molecule has 0 radical (unpaired) electrons. The van der Waals surface area contributed by atoms with Crippen molar-refractivity contribution >= 4 is 39.0 Å². The molecule has 0 bridgehead atoms. The van der Waals surface area contributed by atoms with Crippen LogP contribution in [0.4, 0.5) is 17.1 Å². The van der Waals surface area contributed by atoms with Crippen molar-refractivity contribution in [1.82, 2.24) is 0 Å². The smallest absolute Gasteiger partial charge is 0.136 e. The summed E-state index contributed by atoms with van der Waals surface area (Å²) in [5, 5.41) is 2.28. The lowest BCUT2D eigenvalue weighted by molar-refractivity contribution is 0.662. The van der Waals surface area contributed by atoms with E-state index in [-0.39, 0.29) is 5.41 Å². The van der Waals surface area contributed by atoms with Gasteiger partial charge in [-0.2, -0.15) is 0 Å². The normalized spacial score (nSPS) is 12.6. The average molecular weight is 832 g/mol. The first kappa shape index (κ1) is 38.5. The topological polar surface area (TPSA) is 16.4 Å². The highest BCUT2D eigenvalue weighted by atomic mass is 16.3. The number of nitrogens with zero attached hydrogens (tertiary/aromatic N) is 1. The summed E-state index contributed by atoms with van der Waals surface area (Å²) >= 11 is 0. The van der Waals surface area contributed by atoms with E-state index >= 15 is 0 Å². The van der Waals surface area contributed by atoms with E-state index in [2.05, 4.69) is 243 Å². The molecule has 12 rings (SSSR count). The number of benzene rings is 10. The maximum atomic E-state index is 6.26. The Kier molecular flexibility index (Phi) is 9.21. The molecule has 0 unspecified atom stereocenters. The molecule has 0 N–H and O–H groups in total. The summed E-state index contributed by atoms with van der Waals surface area (Å²) in [4.78, 5) is 2.35. The SMILES string of the molecule is CC1(C)c2ccc(-c3ccc(N(c4ccc(-c5ccccc5)cc4)c4ccc(-c5ccc6c(c5)oc5ccccc56)cc4)cc3)cc2-c2cc(-c3ccccc3)cc(-c3ccccc3)c21. The summed E-state index contributed by atoms with van der Waals surface area (Å²) in [6, 6.07) is 85.8. The maximum Gasteiger partial charge on any atom is 0.136 e. The first-order valence-electron chi connectivity index (χ1n) is 22.5.